The molecule has 8 heteroatoms. The molecule has 0 aliphatic carbocycles. The summed E-state index contributed by atoms with van der Waals surface area (Å²) in [4.78, 5) is 16.6. The maximum Gasteiger partial charge on any atom is 0.219 e. The SMILES string of the molecule is [C-]#[N+]CCCS(=O)(=O)c1ccc(NCC2CCN(C(C)=O)CC2)c(N)c1. The Kier molecular flexibility index (Phi) is 6.86. The van der Waals surface area contributed by atoms with Crippen molar-refractivity contribution in [1.29, 1.82) is 0 Å². The number of nitrogen functional groups attached to an aromatic ring is 1. The average molecular weight is 378 g/mol. The third-order valence-corrected chi connectivity index (χ3v) is 6.50. The van der Waals surface area contributed by atoms with Crippen LogP contribution in [0, 0.1) is 12.5 Å². The zero-order chi connectivity index (χ0) is 19.2. The molecular formula is C18H26N4O3S. The molecule has 0 atom stereocenters. The predicted octanol–water partition coefficient (Wildman–Crippen LogP) is 2.02. The first kappa shape index (κ1) is 20.0. The fraction of sp³-hybridized carbons (Fsp3) is 0.556. The number of anilines is 2. The van der Waals surface area contributed by atoms with Crippen LogP contribution in [0.25, 0.3) is 4.85 Å². The lowest BCUT2D eigenvalue weighted by molar-refractivity contribution is -0.130. The van der Waals surface area contributed by atoms with Gasteiger partial charge in [0, 0.05) is 33.0 Å². The minimum Gasteiger partial charge on any atom is -0.397 e. The van der Waals surface area contributed by atoms with E-state index < -0.39 is 9.84 Å². The third-order valence-electron chi connectivity index (χ3n) is 4.71. The largest absolute Gasteiger partial charge is 0.397 e. The smallest absolute Gasteiger partial charge is 0.219 e. The second-order valence-corrected chi connectivity index (χ2v) is 8.74. The van der Waals surface area contributed by atoms with Crippen LogP contribution in [0.4, 0.5) is 11.4 Å². The summed E-state index contributed by atoms with van der Waals surface area (Å²) in [7, 11) is -3.41. The number of sulfone groups is 1. The van der Waals surface area contributed by atoms with E-state index in [-0.39, 0.29) is 23.1 Å². The molecule has 1 saturated heterocycles. The minimum absolute atomic E-state index is 0.0453. The van der Waals surface area contributed by atoms with E-state index in [2.05, 4.69) is 10.2 Å². The molecule has 3 N–H and O–H groups in total. The number of nitrogens with zero attached hydrogens (tertiary/aromatic N) is 2. The fourth-order valence-electron chi connectivity index (χ4n) is 3.05. The van der Waals surface area contributed by atoms with Gasteiger partial charge in [0.25, 0.3) is 0 Å². The maximum atomic E-state index is 12.3. The van der Waals surface area contributed by atoms with E-state index >= 15 is 0 Å². The van der Waals surface area contributed by atoms with Crippen molar-refractivity contribution in [2.45, 2.75) is 31.1 Å². The number of carbonyl (C=O) groups is 1. The van der Waals surface area contributed by atoms with Crippen molar-refractivity contribution >= 4 is 27.1 Å². The summed E-state index contributed by atoms with van der Waals surface area (Å²) >= 11 is 0. The van der Waals surface area contributed by atoms with Crippen molar-refractivity contribution in [3.63, 3.8) is 0 Å². The van der Waals surface area contributed by atoms with Crippen molar-refractivity contribution in [3.8, 4) is 0 Å². The summed E-state index contributed by atoms with van der Waals surface area (Å²) in [6, 6.07) is 4.74. The van der Waals surface area contributed by atoms with Crippen molar-refractivity contribution in [1.82, 2.24) is 4.90 Å². The molecule has 26 heavy (non-hydrogen) atoms. The third kappa shape index (κ3) is 5.36. The highest BCUT2D eigenvalue weighted by Crippen LogP contribution is 2.25. The van der Waals surface area contributed by atoms with Crippen LogP contribution >= 0.6 is 0 Å². The second kappa shape index (κ2) is 8.90. The summed E-state index contributed by atoms with van der Waals surface area (Å²) in [5.74, 6) is 0.534. The van der Waals surface area contributed by atoms with Crippen LogP contribution in [0.15, 0.2) is 23.1 Å². The number of hydrogen-bond acceptors (Lipinski definition) is 5. The Hall–Kier alpha value is -2.27. The first-order valence-electron chi connectivity index (χ1n) is 8.78. The molecule has 0 spiro atoms. The monoisotopic (exact) mass is 378 g/mol. The first-order valence-corrected chi connectivity index (χ1v) is 10.4. The molecule has 1 aromatic rings. The Labute approximate surface area is 155 Å². The van der Waals surface area contributed by atoms with E-state index in [1.54, 1.807) is 19.1 Å². The van der Waals surface area contributed by atoms with E-state index in [9.17, 15) is 13.2 Å². The van der Waals surface area contributed by atoms with Gasteiger partial charge in [0.05, 0.1) is 22.0 Å². The Morgan fingerprint density at radius 2 is 2.08 bits per heavy atom. The lowest BCUT2D eigenvalue weighted by Gasteiger charge is -2.31. The van der Waals surface area contributed by atoms with Crippen molar-refractivity contribution < 1.29 is 13.2 Å². The van der Waals surface area contributed by atoms with Gasteiger partial charge in [-0.15, -0.1) is 0 Å². The molecular weight excluding hydrogens is 352 g/mol. The number of piperidine rings is 1. The van der Waals surface area contributed by atoms with E-state index in [0.717, 1.165) is 38.2 Å². The van der Waals surface area contributed by atoms with Gasteiger partial charge in [-0.05, 0) is 37.0 Å². The first-order chi connectivity index (χ1) is 12.3. The molecule has 142 valence electrons. The standard InChI is InChI=1S/C18H26N4O3S/c1-14(23)22-9-6-15(7-10-22)13-21-18-5-4-16(12-17(18)19)26(24,25)11-3-8-20-2/h4-5,12,15,21H,3,6-11,13,19H2,1H3. The summed E-state index contributed by atoms with van der Waals surface area (Å²) in [5, 5.41) is 3.29. The fourth-order valence-corrected chi connectivity index (χ4v) is 4.38. The average Bonchev–Trinajstić information content (AvgIpc) is 2.61. The Bertz CT molecular complexity index is 778. The lowest BCUT2D eigenvalue weighted by Crippen LogP contribution is -2.38. The van der Waals surface area contributed by atoms with Gasteiger partial charge in [-0.3, -0.25) is 4.79 Å². The zero-order valence-corrected chi connectivity index (χ0v) is 15.9. The molecule has 1 aromatic carbocycles. The zero-order valence-electron chi connectivity index (χ0n) is 15.1. The molecule has 7 nitrogen and oxygen atoms in total. The molecule has 0 aromatic heterocycles. The molecule has 1 amide bonds. The number of nitrogens with two attached hydrogens (primary N) is 1. The summed E-state index contributed by atoms with van der Waals surface area (Å²) in [6.45, 7) is 10.8. The highest BCUT2D eigenvalue weighted by atomic mass is 32.2. The van der Waals surface area contributed by atoms with Gasteiger partial charge in [0.2, 0.25) is 12.5 Å². The highest BCUT2D eigenvalue weighted by Gasteiger charge is 2.21. The van der Waals surface area contributed by atoms with Crippen LogP contribution < -0.4 is 11.1 Å². The van der Waals surface area contributed by atoms with E-state index in [1.165, 1.54) is 6.07 Å². The Morgan fingerprint density at radius 1 is 1.38 bits per heavy atom. The van der Waals surface area contributed by atoms with Gasteiger partial charge < -0.3 is 20.8 Å². The van der Waals surface area contributed by atoms with E-state index in [4.69, 9.17) is 12.3 Å². The number of hydrogen-bond donors (Lipinski definition) is 2. The number of carbonyl (C=O) groups excluding carboxylic acids is 1. The molecule has 0 saturated carbocycles. The van der Waals surface area contributed by atoms with Crippen molar-refractivity contribution in [2.24, 2.45) is 5.92 Å². The molecule has 2 rings (SSSR count). The van der Waals surface area contributed by atoms with Crippen LogP contribution in [0.3, 0.4) is 0 Å². The van der Waals surface area contributed by atoms with Crippen LogP contribution in [0.1, 0.15) is 26.2 Å². The number of amides is 1. The molecule has 0 radical (unpaired) electrons. The second-order valence-electron chi connectivity index (χ2n) is 6.63. The van der Waals surface area contributed by atoms with Crippen LogP contribution in [-0.4, -0.2) is 51.2 Å². The van der Waals surface area contributed by atoms with Gasteiger partial charge in [-0.25, -0.2) is 15.0 Å². The van der Waals surface area contributed by atoms with Crippen molar-refractivity contribution in [2.75, 3.05) is 43.0 Å². The molecule has 0 bridgehead atoms. The number of nitrogens with one attached hydrogen (secondary N) is 1. The van der Waals surface area contributed by atoms with Gasteiger partial charge in [-0.1, -0.05) is 0 Å². The molecule has 1 heterocycles. The van der Waals surface area contributed by atoms with Crippen LogP contribution in [-0.2, 0) is 14.6 Å². The number of rotatable bonds is 7. The highest BCUT2D eigenvalue weighted by molar-refractivity contribution is 7.91. The molecule has 1 aliphatic rings. The lowest BCUT2D eigenvalue weighted by atomic mass is 9.96. The van der Waals surface area contributed by atoms with Crippen LogP contribution in [0.5, 0.6) is 0 Å². The summed E-state index contributed by atoms with van der Waals surface area (Å²) in [6.07, 6.45) is 2.21. The van der Waals surface area contributed by atoms with E-state index in [0.29, 0.717) is 18.0 Å². The predicted molar refractivity (Wildman–Crippen MR) is 102 cm³/mol. The Morgan fingerprint density at radius 3 is 2.65 bits per heavy atom. The summed E-state index contributed by atoms with van der Waals surface area (Å²) in [5.41, 5.74) is 7.14. The van der Waals surface area contributed by atoms with Gasteiger partial charge >= 0.3 is 0 Å². The van der Waals surface area contributed by atoms with Gasteiger partial charge in [0.15, 0.2) is 9.84 Å². The number of benzene rings is 1. The minimum atomic E-state index is -3.41. The Balaban J connectivity index is 1.92. The quantitative estimate of drug-likeness (QED) is 0.430. The maximum absolute atomic E-state index is 12.3. The molecule has 0 unspecified atom stereocenters. The summed E-state index contributed by atoms with van der Waals surface area (Å²) < 4.78 is 24.5. The van der Waals surface area contributed by atoms with Crippen LogP contribution in [0.2, 0.25) is 0 Å². The normalized spacial score (nSPS) is 15.5. The molecule has 1 aliphatic heterocycles. The number of likely N-dealkylation sites (tertiary alicyclic amines) is 1. The topological polar surface area (TPSA) is 96.9 Å². The van der Waals surface area contributed by atoms with Crippen molar-refractivity contribution in [3.05, 3.63) is 29.6 Å². The van der Waals surface area contributed by atoms with E-state index in [1.807, 2.05) is 4.90 Å². The van der Waals surface area contributed by atoms with Gasteiger partial charge in [0.1, 0.15) is 0 Å². The molecule has 1 fully saturated rings. The van der Waals surface area contributed by atoms with Gasteiger partial charge in [-0.2, -0.15) is 0 Å².